The second kappa shape index (κ2) is 4.61. The van der Waals surface area contributed by atoms with E-state index in [4.69, 9.17) is 0 Å². The highest BCUT2D eigenvalue weighted by atomic mass is 15.3. The zero-order valence-electron chi connectivity index (χ0n) is 10.8. The van der Waals surface area contributed by atoms with E-state index in [0.717, 1.165) is 17.9 Å². The minimum atomic E-state index is 0.394. The Balaban J connectivity index is 2.00. The summed E-state index contributed by atoms with van der Waals surface area (Å²) in [5.74, 6) is 0. The van der Waals surface area contributed by atoms with Gasteiger partial charge in [0, 0.05) is 37.6 Å². The van der Waals surface area contributed by atoms with Crippen LogP contribution in [-0.4, -0.2) is 19.6 Å². The Hall–Kier alpha value is -1.78. The molecule has 2 rings (SSSR count). The summed E-state index contributed by atoms with van der Waals surface area (Å²) in [5, 5.41) is 12.0. The first kappa shape index (κ1) is 11.7. The number of nitrogens with zero attached hydrogens (tertiary/aromatic N) is 4. The highest BCUT2D eigenvalue weighted by molar-refractivity contribution is 5.39. The van der Waals surface area contributed by atoms with Gasteiger partial charge in [-0.25, -0.2) is 0 Å². The molecular weight excluding hydrogens is 214 g/mol. The fourth-order valence-electron chi connectivity index (χ4n) is 1.73. The minimum Gasteiger partial charge on any atom is -0.378 e. The third-order valence-corrected chi connectivity index (χ3v) is 2.73. The monoisotopic (exact) mass is 233 g/mol. The lowest BCUT2D eigenvalue weighted by molar-refractivity contribution is 0.532. The molecule has 0 aliphatic heterocycles. The summed E-state index contributed by atoms with van der Waals surface area (Å²) in [5.41, 5.74) is 3.32. The van der Waals surface area contributed by atoms with Crippen molar-refractivity contribution in [1.82, 2.24) is 19.6 Å². The Kier molecular flexibility index (Phi) is 3.17. The average molecular weight is 233 g/mol. The van der Waals surface area contributed by atoms with E-state index in [-0.39, 0.29) is 0 Å². The van der Waals surface area contributed by atoms with E-state index in [2.05, 4.69) is 29.4 Å². The summed E-state index contributed by atoms with van der Waals surface area (Å²) in [6.45, 7) is 7.03. The van der Waals surface area contributed by atoms with E-state index in [9.17, 15) is 0 Å². The number of hydrogen-bond acceptors (Lipinski definition) is 3. The molecule has 5 nitrogen and oxygen atoms in total. The molecule has 92 valence electrons. The van der Waals surface area contributed by atoms with Crippen LogP contribution >= 0.6 is 0 Å². The molecule has 0 fully saturated rings. The van der Waals surface area contributed by atoms with Crippen LogP contribution < -0.4 is 5.32 Å². The Labute approximate surface area is 101 Å². The van der Waals surface area contributed by atoms with Gasteiger partial charge >= 0.3 is 0 Å². The fraction of sp³-hybridized carbons (Fsp3) is 0.500. The SMILES string of the molecule is Cc1nn(C)cc1CNc1cnn(C(C)C)c1. The van der Waals surface area contributed by atoms with Crippen LogP contribution in [0.15, 0.2) is 18.6 Å². The van der Waals surface area contributed by atoms with Crippen LogP contribution in [0.4, 0.5) is 5.69 Å². The zero-order chi connectivity index (χ0) is 12.4. The van der Waals surface area contributed by atoms with Gasteiger partial charge in [-0.05, 0) is 20.8 Å². The average Bonchev–Trinajstić information content (AvgIpc) is 2.82. The molecule has 0 bridgehead atoms. The largest absolute Gasteiger partial charge is 0.378 e. The number of hydrogen-bond donors (Lipinski definition) is 1. The highest BCUT2D eigenvalue weighted by Crippen LogP contribution is 2.12. The van der Waals surface area contributed by atoms with Crippen molar-refractivity contribution >= 4 is 5.69 Å². The third-order valence-electron chi connectivity index (χ3n) is 2.73. The molecule has 0 amide bonds. The summed E-state index contributed by atoms with van der Waals surface area (Å²) >= 11 is 0. The lowest BCUT2D eigenvalue weighted by Gasteiger charge is -2.04. The quantitative estimate of drug-likeness (QED) is 0.880. The lowest BCUT2D eigenvalue weighted by atomic mass is 10.2. The maximum Gasteiger partial charge on any atom is 0.0729 e. The van der Waals surface area contributed by atoms with Gasteiger partial charge in [0.2, 0.25) is 0 Å². The summed E-state index contributed by atoms with van der Waals surface area (Å²) in [4.78, 5) is 0. The maximum atomic E-state index is 4.31. The van der Waals surface area contributed by atoms with Gasteiger partial charge in [-0.1, -0.05) is 0 Å². The molecule has 0 aromatic carbocycles. The van der Waals surface area contributed by atoms with E-state index in [1.807, 2.05) is 41.9 Å². The predicted octanol–water partition coefficient (Wildman–Crippen LogP) is 2.12. The molecule has 0 aliphatic rings. The van der Waals surface area contributed by atoms with Gasteiger partial charge < -0.3 is 5.32 Å². The van der Waals surface area contributed by atoms with Crippen LogP contribution in [0.5, 0.6) is 0 Å². The lowest BCUT2D eigenvalue weighted by Crippen LogP contribution is -2.01. The van der Waals surface area contributed by atoms with Gasteiger partial charge in [0.25, 0.3) is 0 Å². The normalized spacial score (nSPS) is 11.1. The van der Waals surface area contributed by atoms with Crippen molar-refractivity contribution in [3.8, 4) is 0 Å². The molecule has 2 aromatic heterocycles. The van der Waals surface area contributed by atoms with Crippen LogP contribution in [0.2, 0.25) is 0 Å². The van der Waals surface area contributed by atoms with E-state index in [0.29, 0.717) is 6.04 Å². The zero-order valence-corrected chi connectivity index (χ0v) is 10.8. The molecule has 0 saturated heterocycles. The number of aryl methyl sites for hydroxylation is 2. The second-order valence-corrected chi connectivity index (χ2v) is 4.57. The molecule has 2 heterocycles. The van der Waals surface area contributed by atoms with E-state index < -0.39 is 0 Å². The van der Waals surface area contributed by atoms with E-state index in [1.165, 1.54) is 5.56 Å². The second-order valence-electron chi connectivity index (χ2n) is 4.57. The van der Waals surface area contributed by atoms with Crippen molar-refractivity contribution in [1.29, 1.82) is 0 Å². The molecule has 0 unspecified atom stereocenters. The van der Waals surface area contributed by atoms with Crippen molar-refractivity contribution in [3.05, 3.63) is 29.8 Å². The maximum absolute atomic E-state index is 4.31. The van der Waals surface area contributed by atoms with E-state index in [1.54, 1.807) is 0 Å². The van der Waals surface area contributed by atoms with Gasteiger partial charge in [-0.3, -0.25) is 9.36 Å². The van der Waals surface area contributed by atoms with Crippen molar-refractivity contribution < 1.29 is 0 Å². The molecule has 17 heavy (non-hydrogen) atoms. The van der Waals surface area contributed by atoms with Crippen molar-refractivity contribution in [2.24, 2.45) is 7.05 Å². The van der Waals surface area contributed by atoms with Crippen LogP contribution in [-0.2, 0) is 13.6 Å². The Bertz CT molecular complexity index is 495. The third kappa shape index (κ3) is 2.67. The summed E-state index contributed by atoms with van der Waals surface area (Å²) in [6.07, 6.45) is 5.91. The number of rotatable bonds is 4. The Morgan fingerprint density at radius 3 is 2.65 bits per heavy atom. The highest BCUT2D eigenvalue weighted by Gasteiger charge is 2.04. The van der Waals surface area contributed by atoms with Crippen LogP contribution in [0.25, 0.3) is 0 Å². The van der Waals surface area contributed by atoms with Crippen LogP contribution in [0.3, 0.4) is 0 Å². The summed E-state index contributed by atoms with van der Waals surface area (Å²) in [7, 11) is 1.94. The summed E-state index contributed by atoms with van der Waals surface area (Å²) < 4.78 is 3.78. The molecule has 5 heteroatoms. The standard InChI is InChI=1S/C12H19N5/c1-9(2)17-8-12(6-14-17)13-5-11-7-16(4)15-10(11)3/h6-9,13H,5H2,1-4H3. The van der Waals surface area contributed by atoms with Gasteiger partial charge in [0.05, 0.1) is 17.6 Å². The number of anilines is 1. The first-order valence-corrected chi connectivity index (χ1v) is 5.83. The van der Waals surface area contributed by atoms with Gasteiger partial charge in [-0.2, -0.15) is 10.2 Å². The molecule has 0 saturated carbocycles. The Morgan fingerprint density at radius 2 is 2.12 bits per heavy atom. The van der Waals surface area contributed by atoms with Crippen LogP contribution in [0.1, 0.15) is 31.1 Å². The van der Waals surface area contributed by atoms with Crippen LogP contribution in [0, 0.1) is 6.92 Å². The molecule has 0 spiro atoms. The van der Waals surface area contributed by atoms with Crippen molar-refractivity contribution in [2.45, 2.75) is 33.4 Å². The molecule has 2 aromatic rings. The van der Waals surface area contributed by atoms with Crippen molar-refractivity contribution in [3.63, 3.8) is 0 Å². The summed E-state index contributed by atoms with van der Waals surface area (Å²) in [6, 6.07) is 0.394. The fourth-order valence-corrected chi connectivity index (χ4v) is 1.73. The number of aromatic nitrogens is 4. The molecule has 1 N–H and O–H groups in total. The topological polar surface area (TPSA) is 47.7 Å². The van der Waals surface area contributed by atoms with Gasteiger partial charge in [0.15, 0.2) is 0 Å². The smallest absolute Gasteiger partial charge is 0.0729 e. The van der Waals surface area contributed by atoms with Gasteiger partial charge in [-0.15, -0.1) is 0 Å². The minimum absolute atomic E-state index is 0.394. The molecule has 0 atom stereocenters. The molecule has 0 radical (unpaired) electrons. The molecular formula is C12H19N5. The Morgan fingerprint density at radius 1 is 1.35 bits per heavy atom. The molecule has 0 aliphatic carbocycles. The van der Waals surface area contributed by atoms with Gasteiger partial charge in [0.1, 0.15) is 0 Å². The first-order valence-electron chi connectivity index (χ1n) is 5.83. The first-order chi connectivity index (χ1) is 8.06. The predicted molar refractivity (Wildman–Crippen MR) is 67.9 cm³/mol. The number of nitrogens with one attached hydrogen (secondary N) is 1. The van der Waals surface area contributed by atoms with Crippen molar-refractivity contribution in [2.75, 3.05) is 5.32 Å². The van der Waals surface area contributed by atoms with E-state index >= 15 is 0 Å².